The van der Waals surface area contributed by atoms with Crippen molar-refractivity contribution in [3.8, 4) is 0 Å². The molecule has 0 heterocycles. The molecule has 1 aromatic rings. The van der Waals surface area contributed by atoms with E-state index in [4.69, 9.17) is 10.6 Å². The number of carbonyl (C=O) groups excluding carboxylic acids is 1. The molecule has 0 bridgehead atoms. The largest absolute Gasteiger partial charge is 0.478 e. The molecular weight excluding hydrogens is 198 g/mol. The number of benzene rings is 1. The van der Waals surface area contributed by atoms with Gasteiger partial charge in [0.2, 0.25) is 0 Å². The second-order valence-corrected chi connectivity index (χ2v) is 2.66. The van der Waals surface area contributed by atoms with Gasteiger partial charge in [-0.15, -0.1) is 0 Å². The molecule has 0 amide bonds. The topological polar surface area (TPSA) is 103 Å². The van der Waals surface area contributed by atoms with Crippen LogP contribution < -0.4 is 0 Å². The van der Waals surface area contributed by atoms with Crippen LogP contribution >= 0.6 is 0 Å². The Labute approximate surface area is 84.8 Å². The second-order valence-electron chi connectivity index (χ2n) is 2.66. The fourth-order valence-electron chi connectivity index (χ4n) is 1.09. The zero-order valence-electron chi connectivity index (χ0n) is 7.62. The predicted octanol–water partition coefficient (Wildman–Crippen LogP) is 1.88. The maximum atomic E-state index is 11.4. The molecule has 0 saturated heterocycles. The molecule has 76 valence electrons. The van der Waals surface area contributed by atoms with Crippen LogP contribution in [-0.4, -0.2) is 23.4 Å². The van der Waals surface area contributed by atoms with E-state index in [-0.39, 0.29) is 17.7 Å². The molecule has 0 saturated carbocycles. The van der Waals surface area contributed by atoms with Crippen molar-refractivity contribution in [2.24, 2.45) is 5.11 Å². The van der Waals surface area contributed by atoms with Gasteiger partial charge >= 0.3 is 5.97 Å². The molecule has 6 heteroatoms. The molecule has 0 aromatic heterocycles. The zero-order valence-corrected chi connectivity index (χ0v) is 7.62. The van der Waals surface area contributed by atoms with Gasteiger partial charge in [0.05, 0.1) is 12.1 Å². The number of rotatable bonds is 4. The SMILES string of the molecule is [N-]=[N+]=NCC(=O)c1ccccc1C(=O)O. The summed E-state index contributed by atoms with van der Waals surface area (Å²) in [5.41, 5.74) is 8.00. The van der Waals surface area contributed by atoms with Crippen LogP contribution in [-0.2, 0) is 0 Å². The lowest BCUT2D eigenvalue weighted by Crippen LogP contribution is -2.10. The Bertz CT molecular complexity index is 450. The average Bonchev–Trinajstić information content (AvgIpc) is 2.25. The fraction of sp³-hybridized carbons (Fsp3) is 0.111. The van der Waals surface area contributed by atoms with E-state index in [1.165, 1.54) is 18.2 Å². The first-order chi connectivity index (χ1) is 7.16. The number of hydrogen-bond donors (Lipinski definition) is 1. The molecule has 0 aliphatic rings. The van der Waals surface area contributed by atoms with E-state index in [9.17, 15) is 9.59 Å². The summed E-state index contributed by atoms with van der Waals surface area (Å²) in [6.45, 7) is -0.374. The second kappa shape index (κ2) is 4.78. The number of aromatic carboxylic acids is 1. The predicted molar refractivity (Wildman–Crippen MR) is 51.7 cm³/mol. The van der Waals surface area contributed by atoms with Crippen molar-refractivity contribution in [1.29, 1.82) is 0 Å². The van der Waals surface area contributed by atoms with Crippen LogP contribution in [0, 0.1) is 0 Å². The van der Waals surface area contributed by atoms with E-state index in [1.807, 2.05) is 0 Å². The Morgan fingerprint density at radius 1 is 1.33 bits per heavy atom. The van der Waals surface area contributed by atoms with Crippen LogP contribution in [0.15, 0.2) is 29.4 Å². The van der Waals surface area contributed by atoms with Crippen molar-refractivity contribution in [3.63, 3.8) is 0 Å². The summed E-state index contributed by atoms with van der Waals surface area (Å²) >= 11 is 0. The maximum Gasteiger partial charge on any atom is 0.336 e. The van der Waals surface area contributed by atoms with Crippen LogP contribution in [0.1, 0.15) is 20.7 Å². The molecule has 1 N–H and O–H groups in total. The van der Waals surface area contributed by atoms with Crippen molar-refractivity contribution >= 4 is 11.8 Å². The van der Waals surface area contributed by atoms with Gasteiger partial charge < -0.3 is 5.11 Å². The zero-order chi connectivity index (χ0) is 11.3. The lowest BCUT2D eigenvalue weighted by Gasteiger charge is -2.01. The van der Waals surface area contributed by atoms with Gasteiger partial charge in [0.25, 0.3) is 0 Å². The molecule has 0 atom stereocenters. The van der Waals surface area contributed by atoms with Crippen molar-refractivity contribution in [3.05, 3.63) is 45.8 Å². The minimum Gasteiger partial charge on any atom is -0.478 e. The number of carbonyl (C=O) groups is 2. The smallest absolute Gasteiger partial charge is 0.336 e. The molecule has 0 radical (unpaired) electrons. The van der Waals surface area contributed by atoms with E-state index in [0.717, 1.165) is 0 Å². The van der Waals surface area contributed by atoms with Crippen molar-refractivity contribution in [2.75, 3.05) is 6.54 Å². The van der Waals surface area contributed by atoms with Gasteiger partial charge in [0.1, 0.15) is 0 Å². The van der Waals surface area contributed by atoms with Gasteiger partial charge in [-0.2, -0.15) is 0 Å². The summed E-state index contributed by atoms with van der Waals surface area (Å²) < 4.78 is 0. The highest BCUT2D eigenvalue weighted by molar-refractivity contribution is 6.06. The molecule has 15 heavy (non-hydrogen) atoms. The molecule has 0 fully saturated rings. The van der Waals surface area contributed by atoms with Gasteiger partial charge in [-0.05, 0) is 11.6 Å². The van der Waals surface area contributed by atoms with Crippen LogP contribution in [0.25, 0.3) is 10.4 Å². The molecule has 0 unspecified atom stereocenters. The Hall–Kier alpha value is -2.33. The first-order valence-electron chi connectivity index (χ1n) is 4.03. The fourth-order valence-corrected chi connectivity index (χ4v) is 1.09. The van der Waals surface area contributed by atoms with E-state index >= 15 is 0 Å². The van der Waals surface area contributed by atoms with E-state index in [1.54, 1.807) is 6.07 Å². The average molecular weight is 205 g/mol. The lowest BCUT2D eigenvalue weighted by molar-refractivity contribution is 0.0692. The third-order valence-electron chi connectivity index (χ3n) is 1.74. The number of Topliss-reactive ketones (excluding diaryl/α,β-unsaturated/α-hetero) is 1. The summed E-state index contributed by atoms with van der Waals surface area (Å²) in [5.74, 6) is -1.69. The molecule has 1 rings (SSSR count). The van der Waals surface area contributed by atoms with E-state index in [2.05, 4.69) is 10.0 Å². The molecular formula is C9H7N3O3. The Kier molecular flexibility index (Phi) is 3.43. The Balaban J connectivity index is 3.07. The highest BCUT2D eigenvalue weighted by Gasteiger charge is 2.14. The van der Waals surface area contributed by atoms with Gasteiger partial charge in [-0.1, -0.05) is 23.3 Å². The van der Waals surface area contributed by atoms with Crippen molar-refractivity contribution in [2.45, 2.75) is 0 Å². The number of hydrogen-bond acceptors (Lipinski definition) is 3. The number of carboxylic acid groups (broad SMARTS) is 1. The lowest BCUT2D eigenvalue weighted by atomic mass is 10.0. The summed E-state index contributed by atoms with van der Waals surface area (Å²) in [4.78, 5) is 24.6. The summed E-state index contributed by atoms with van der Waals surface area (Å²) in [6, 6.07) is 5.79. The maximum absolute atomic E-state index is 11.4. The minimum absolute atomic E-state index is 0.0531. The van der Waals surface area contributed by atoms with Gasteiger partial charge in [-0.3, -0.25) is 4.79 Å². The van der Waals surface area contributed by atoms with Gasteiger partial charge in [0, 0.05) is 10.5 Å². The van der Waals surface area contributed by atoms with Crippen LogP contribution in [0.5, 0.6) is 0 Å². The number of nitrogens with zero attached hydrogens (tertiary/aromatic N) is 3. The van der Waals surface area contributed by atoms with Crippen molar-refractivity contribution in [1.82, 2.24) is 0 Å². The summed E-state index contributed by atoms with van der Waals surface area (Å²) in [7, 11) is 0. The van der Waals surface area contributed by atoms with Crippen molar-refractivity contribution < 1.29 is 14.7 Å². The molecule has 0 aliphatic heterocycles. The summed E-state index contributed by atoms with van der Waals surface area (Å²) in [6.07, 6.45) is 0. The molecule has 0 spiro atoms. The molecule has 6 nitrogen and oxygen atoms in total. The number of carboxylic acids is 1. The van der Waals surface area contributed by atoms with Crippen LogP contribution in [0.4, 0.5) is 0 Å². The first kappa shape index (κ1) is 10.7. The standard InChI is InChI=1S/C9H7N3O3/c10-12-11-5-8(13)6-3-1-2-4-7(6)9(14)15/h1-4H,5H2,(H,14,15). The summed E-state index contributed by atoms with van der Waals surface area (Å²) in [5, 5.41) is 11.9. The Morgan fingerprint density at radius 2 is 1.93 bits per heavy atom. The molecule has 1 aromatic carbocycles. The normalized spacial score (nSPS) is 9.07. The van der Waals surface area contributed by atoms with Gasteiger partial charge in [-0.25, -0.2) is 4.79 Å². The number of azide groups is 1. The monoisotopic (exact) mass is 205 g/mol. The third-order valence-corrected chi connectivity index (χ3v) is 1.74. The highest BCUT2D eigenvalue weighted by atomic mass is 16.4. The minimum atomic E-state index is -1.18. The van der Waals surface area contributed by atoms with Crippen LogP contribution in [0.3, 0.4) is 0 Å². The Morgan fingerprint density at radius 3 is 2.47 bits per heavy atom. The van der Waals surface area contributed by atoms with E-state index in [0.29, 0.717) is 0 Å². The highest BCUT2D eigenvalue weighted by Crippen LogP contribution is 2.09. The van der Waals surface area contributed by atoms with Gasteiger partial charge in [0.15, 0.2) is 5.78 Å². The van der Waals surface area contributed by atoms with Crippen LogP contribution in [0.2, 0.25) is 0 Å². The number of ketones is 1. The molecule has 0 aliphatic carbocycles. The quantitative estimate of drug-likeness (QED) is 0.351. The van der Waals surface area contributed by atoms with E-state index < -0.39 is 11.8 Å². The third kappa shape index (κ3) is 2.55. The first-order valence-corrected chi connectivity index (χ1v) is 4.03.